The van der Waals surface area contributed by atoms with Crippen molar-refractivity contribution in [1.29, 1.82) is 0 Å². The number of alkyl halides is 1. The zero-order chi connectivity index (χ0) is 12.2. The Morgan fingerprint density at radius 1 is 1.38 bits per heavy atom. The smallest absolute Gasteiger partial charge is 0.192 e. The molecule has 0 aliphatic heterocycles. The van der Waals surface area contributed by atoms with E-state index in [9.17, 15) is 0 Å². The van der Waals surface area contributed by atoms with Gasteiger partial charge in [-0.2, -0.15) is 0 Å². The summed E-state index contributed by atoms with van der Waals surface area (Å²) in [7, 11) is 4.02. The fourth-order valence-corrected chi connectivity index (χ4v) is 3.46. The van der Waals surface area contributed by atoms with Gasteiger partial charge in [0.1, 0.15) is 5.60 Å². The van der Waals surface area contributed by atoms with Crippen LogP contribution in [0.15, 0.2) is 23.4 Å². The van der Waals surface area contributed by atoms with Crippen molar-refractivity contribution in [3.63, 3.8) is 0 Å². The topological polar surface area (TPSA) is 18.5 Å². The lowest BCUT2D eigenvalue weighted by molar-refractivity contribution is -0.0817. The molecule has 1 aliphatic rings. The average molecular weight is 259 g/mol. The Balaban J connectivity index is 2.99. The highest BCUT2D eigenvalue weighted by Crippen LogP contribution is 2.42. The molecule has 2 nitrogen and oxygen atoms in total. The summed E-state index contributed by atoms with van der Waals surface area (Å²) in [4.78, 5) is 0. The maximum atomic E-state index is 6.47. The first-order chi connectivity index (χ1) is 7.54. The predicted octanol–water partition coefficient (Wildman–Crippen LogP) is 2.96. The van der Waals surface area contributed by atoms with Crippen molar-refractivity contribution in [3.8, 4) is 0 Å². The Bertz CT molecular complexity index is 303. The summed E-state index contributed by atoms with van der Waals surface area (Å²) in [6.45, 7) is 4.17. The van der Waals surface area contributed by atoms with E-state index in [1.807, 2.05) is 19.1 Å². The SMILES string of the molecule is CCC[Si]C1=CC=CC(Cl)(OC)C1(C)OC. The van der Waals surface area contributed by atoms with Gasteiger partial charge in [-0.05, 0) is 13.0 Å². The van der Waals surface area contributed by atoms with Gasteiger partial charge in [0.2, 0.25) is 0 Å². The van der Waals surface area contributed by atoms with Gasteiger partial charge < -0.3 is 9.47 Å². The van der Waals surface area contributed by atoms with Crippen LogP contribution in [0.1, 0.15) is 20.3 Å². The Kier molecular flexibility index (Phi) is 4.80. The van der Waals surface area contributed by atoms with Crippen LogP contribution in [0, 0.1) is 0 Å². The number of halogens is 1. The minimum atomic E-state index is -0.896. The Hall–Kier alpha value is -0.0931. The van der Waals surface area contributed by atoms with Crippen molar-refractivity contribution >= 4 is 21.1 Å². The molecule has 1 rings (SSSR count). The van der Waals surface area contributed by atoms with Gasteiger partial charge in [-0.1, -0.05) is 48.3 Å². The fraction of sp³-hybridized carbons (Fsp3) is 0.667. The third-order valence-corrected chi connectivity index (χ3v) is 5.42. The van der Waals surface area contributed by atoms with Crippen LogP contribution in [0.5, 0.6) is 0 Å². The molecule has 2 atom stereocenters. The highest BCUT2D eigenvalue weighted by molar-refractivity contribution is 6.47. The van der Waals surface area contributed by atoms with Crippen LogP contribution >= 0.6 is 11.6 Å². The summed E-state index contributed by atoms with van der Waals surface area (Å²) >= 11 is 6.47. The highest BCUT2D eigenvalue weighted by atomic mass is 35.5. The van der Waals surface area contributed by atoms with Crippen LogP contribution in [0.4, 0.5) is 0 Å². The second-order valence-corrected chi connectivity index (χ2v) is 5.91. The van der Waals surface area contributed by atoms with Gasteiger partial charge >= 0.3 is 0 Å². The molecule has 0 fully saturated rings. The molecule has 0 bridgehead atoms. The molecule has 16 heavy (non-hydrogen) atoms. The molecule has 0 saturated carbocycles. The highest BCUT2D eigenvalue weighted by Gasteiger charge is 2.49. The lowest BCUT2D eigenvalue weighted by Crippen LogP contribution is -2.53. The number of allylic oxidation sites excluding steroid dienone is 2. The molecule has 0 saturated heterocycles. The van der Waals surface area contributed by atoms with Crippen LogP contribution in [0.3, 0.4) is 0 Å². The minimum Gasteiger partial charge on any atom is -0.370 e. The summed E-state index contributed by atoms with van der Waals surface area (Å²) in [5.74, 6) is 0. The number of ether oxygens (including phenoxy) is 2. The van der Waals surface area contributed by atoms with E-state index in [-0.39, 0.29) is 0 Å². The first-order valence-electron chi connectivity index (χ1n) is 5.47. The van der Waals surface area contributed by atoms with Crippen molar-refractivity contribution in [2.75, 3.05) is 14.2 Å². The molecule has 0 aromatic carbocycles. The molecule has 0 aromatic heterocycles. The van der Waals surface area contributed by atoms with Crippen molar-refractivity contribution < 1.29 is 9.47 Å². The van der Waals surface area contributed by atoms with Gasteiger partial charge in [0.25, 0.3) is 0 Å². The third kappa shape index (κ3) is 2.28. The Morgan fingerprint density at radius 2 is 2.06 bits per heavy atom. The maximum Gasteiger partial charge on any atom is 0.192 e. The van der Waals surface area contributed by atoms with Gasteiger partial charge in [0, 0.05) is 14.2 Å². The molecule has 0 N–H and O–H groups in total. The summed E-state index contributed by atoms with van der Waals surface area (Å²) in [6.07, 6.45) is 7.06. The van der Waals surface area contributed by atoms with Crippen LogP contribution in [0.25, 0.3) is 0 Å². The molecule has 4 heteroatoms. The largest absolute Gasteiger partial charge is 0.370 e. The molecule has 0 spiro atoms. The number of methoxy groups -OCH3 is 2. The molecule has 2 radical (unpaired) electrons. The zero-order valence-corrected chi connectivity index (χ0v) is 12.1. The minimum absolute atomic E-state index is 0.578. The quantitative estimate of drug-likeness (QED) is 0.558. The summed E-state index contributed by atoms with van der Waals surface area (Å²) < 4.78 is 11.0. The van der Waals surface area contributed by atoms with Crippen LogP contribution in [-0.4, -0.2) is 34.4 Å². The number of hydrogen-bond acceptors (Lipinski definition) is 2. The Labute approximate surface area is 105 Å². The first-order valence-corrected chi connectivity index (χ1v) is 7.05. The van der Waals surface area contributed by atoms with Crippen LogP contribution in [-0.2, 0) is 9.47 Å². The number of hydrogen-bond donors (Lipinski definition) is 0. The van der Waals surface area contributed by atoms with E-state index in [0.717, 1.165) is 15.6 Å². The molecular weight excluding hydrogens is 240 g/mol. The zero-order valence-electron chi connectivity index (χ0n) is 10.3. The Morgan fingerprint density at radius 3 is 2.56 bits per heavy atom. The second kappa shape index (κ2) is 5.49. The molecule has 1 aliphatic carbocycles. The standard InChI is InChI=1S/C12H19ClO2Si/c1-5-9-16-10-7-6-8-12(13,15-4)11(10,2)14-3/h6-8H,5,9H2,1-4H3. The monoisotopic (exact) mass is 258 g/mol. The van der Waals surface area contributed by atoms with E-state index in [1.54, 1.807) is 14.2 Å². The van der Waals surface area contributed by atoms with E-state index in [0.29, 0.717) is 0 Å². The van der Waals surface area contributed by atoms with Crippen LogP contribution in [0.2, 0.25) is 6.04 Å². The fourth-order valence-electron chi connectivity index (χ4n) is 1.77. The lowest BCUT2D eigenvalue weighted by Gasteiger charge is -2.44. The number of rotatable bonds is 5. The van der Waals surface area contributed by atoms with Gasteiger partial charge in [-0.15, -0.1) is 0 Å². The van der Waals surface area contributed by atoms with E-state index in [2.05, 4.69) is 13.0 Å². The molecular formula is C12H19ClO2Si. The molecule has 90 valence electrons. The van der Waals surface area contributed by atoms with Crippen molar-refractivity contribution in [1.82, 2.24) is 0 Å². The van der Waals surface area contributed by atoms with E-state index >= 15 is 0 Å². The van der Waals surface area contributed by atoms with Gasteiger partial charge in [-0.25, -0.2) is 0 Å². The molecule has 0 amide bonds. The lowest BCUT2D eigenvalue weighted by atomic mass is 9.92. The predicted molar refractivity (Wildman–Crippen MR) is 69.1 cm³/mol. The van der Waals surface area contributed by atoms with E-state index in [4.69, 9.17) is 21.1 Å². The molecule has 0 aromatic rings. The van der Waals surface area contributed by atoms with Crippen molar-refractivity contribution in [2.45, 2.75) is 37.0 Å². The maximum absolute atomic E-state index is 6.47. The normalized spacial score (nSPS) is 33.9. The van der Waals surface area contributed by atoms with Crippen molar-refractivity contribution in [3.05, 3.63) is 23.4 Å². The van der Waals surface area contributed by atoms with Gasteiger partial charge in [0.05, 0.1) is 9.52 Å². The van der Waals surface area contributed by atoms with Crippen LogP contribution < -0.4 is 0 Å². The van der Waals surface area contributed by atoms with E-state index in [1.165, 1.54) is 11.6 Å². The first kappa shape index (κ1) is 14.0. The van der Waals surface area contributed by atoms with Gasteiger partial charge in [0.15, 0.2) is 5.06 Å². The van der Waals surface area contributed by atoms with E-state index < -0.39 is 10.7 Å². The summed E-state index contributed by atoms with van der Waals surface area (Å²) in [5, 5.41) is 0.322. The summed E-state index contributed by atoms with van der Waals surface area (Å²) in [6, 6.07) is 1.16. The molecule has 0 heterocycles. The van der Waals surface area contributed by atoms with Gasteiger partial charge in [-0.3, -0.25) is 0 Å². The van der Waals surface area contributed by atoms with Crippen molar-refractivity contribution in [2.24, 2.45) is 0 Å². The average Bonchev–Trinajstić information content (AvgIpc) is 2.31. The second-order valence-electron chi connectivity index (χ2n) is 3.95. The molecule has 2 unspecified atom stereocenters. The summed E-state index contributed by atoms with van der Waals surface area (Å²) in [5.41, 5.74) is -0.578. The third-order valence-electron chi connectivity index (χ3n) is 3.01.